The average Bonchev–Trinajstić information content (AvgIpc) is 2.79. The Hall–Kier alpha value is -2.37. The molecule has 23 heavy (non-hydrogen) atoms. The van der Waals surface area contributed by atoms with Gasteiger partial charge in [-0.25, -0.2) is 4.79 Å². The topological polar surface area (TPSA) is 86.7 Å². The van der Waals surface area contributed by atoms with Crippen LogP contribution in [0.15, 0.2) is 29.0 Å². The Morgan fingerprint density at radius 1 is 1.39 bits per heavy atom. The highest BCUT2D eigenvalue weighted by molar-refractivity contribution is 6.13. The molecular formula is C17H25N3O3. The van der Waals surface area contributed by atoms with E-state index in [0.29, 0.717) is 11.3 Å². The van der Waals surface area contributed by atoms with Crippen LogP contribution in [-0.4, -0.2) is 34.7 Å². The minimum absolute atomic E-state index is 0.00117. The molecule has 0 atom stereocenters. The van der Waals surface area contributed by atoms with Crippen molar-refractivity contribution in [3.8, 4) is 0 Å². The van der Waals surface area contributed by atoms with Gasteiger partial charge >= 0.3 is 5.97 Å². The standard InChI is InChI=1S/C17H25N3O3/c1-6-23-16(22)14-7-12(2)10-20(14)11-15(21)13(8-18)9-19-17(3,4)5/h7-10H,6,11,18H2,1-5H3/b13-8+,19-9?. The fourth-order valence-electron chi connectivity index (χ4n) is 1.88. The summed E-state index contributed by atoms with van der Waals surface area (Å²) >= 11 is 0. The maximum absolute atomic E-state index is 12.4. The SMILES string of the molecule is CCOC(=O)c1cc(C)cn1CC(=O)/C(C=NC(C)(C)C)=C/N. The van der Waals surface area contributed by atoms with E-state index < -0.39 is 5.97 Å². The van der Waals surface area contributed by atoms with Crippen molar-refractivity contribution in [2.24, 2.45) is 10.7 Å². The number of rotatable bonds is 6. The number of ketones is 1. The monoisotopic (exact) mass is 319 g/mol. The normalized spacial score (nSPS) is 12.7. The second-order valence-corrected chi connectivity index (χ2v) is 6.23. The number of aryl methyl sites for hydroxylation is 1. The third-order valence-electron chi connectivity index (χ3n) is 2.92. The highest BCUT2D eigenvalue weighted by Crippen LogP contribution is 2.12. The Kier molecular flexibility index (Phi) is 6.30. The number of hydrogen-bond acceptors (Lipinski definition) is 5. The molecule has 1 aromatic rings. The van der Waals surface area contributed by atoms with Crippen LogP contribution in [0.3, 0.4) is 0 Å². The Morgan fingerprint density at radius 2 is 2.04 bits per heavy atom. The molecule has 0 saturated carbocycles. The van der Waals surface area contributed by atoms with Crippen molar-refractivity contribution in [2.45, 2.75) is 46.7 Å². The van der Waals surface area contributed by atoms with E-state index in [9.17, 15) is 9.59 Å². The van der Waals surface area contributed by atoms with Gasteiger partial charge in [-0.3, -0.25) is 9.79 Å². The zero-order chi connectivity index (χ0) is 17.6. The van der Waals surface area contributed by atoms with Crippen molar-refractivity contribution < 1.29 is 14.3 Å². The van der Waals surface area contributed by atoms with Crippen LogP contribution in [-0.2, 0) is 16.1 Å². The van der Waals surface area contributed by atoms with E-state index in [0.717, 1.165) is 5.56 Å². The smallest absolute Gasteiger partial charge is 0.354 e. The van der Waals surface area contributed by atoms with Crippen molar-refractivity contribution >= 4 is 18.0 Å². The third-order valence-corrected chi connectivity index (χ3v) is 2.92. The number of nitrogens with two attached hydrogens (primary N) is 1. The van der Waals surface area contributed by atoms with Gasteiger partial charge in [0, 0.05) is 18.6 Å². The van der Waals surface area contributed by atoms with Gasteiger partial charge in [0.2, 0.25) is 0 Å². The molecular weight excluding hydrogens is 294 g/mol. The van der Waals surface area contributed by atoms with E-state index >= 15 is 0 Å². The molecule has 0 amide bonds. The van der Waals surface area contributed by atoms with Crippen LogP contribution in [0.4, 0.5) is 0 Å². The maximum atomic E-state index is 12.4. The van der Waals surface area contributed by atoms with Crippen LogP contribution in [0.5, 0.6) is 0 Å². The second-order valence-electron chi connectivity index (χ2n) is 6.23. The van der Waals surface area contributed by atoms with Gasteiger partial charge in [0.25, 0.3) is 0 Å². The van der Waals surface area contributed by atoms with E-state index in [1.165, 1.54) is 12.4 Å². The zero-order valence-electron chi connectivity index (χ0n) is 14.4. The summed E-state index contributed by atoms with van der Waals surface area (Å²) in [6.45, 7) is 9.65. The van der Waals surface area contributed by atoms with Crippen LogP contribution in [0.2, 0.25) is 0 Å². The number of hydrogen-bond donors (Lipinski definition) is 1. The predicted molar refractivity (Wildman–Crippen MR) is 90.6 cm³/mol. The molecule has 0 aromatic carbocycles. The molecule has 0 aliphatic carbocycles. The molecule has 6 nitrogen and oxygen atoms in total. The van der Waals surface area contributed by atoms with Crippen molar-refractivity contribution in [1.29, 1.82) is 0 Å². The summed E-state index contributed by atoms with van der Waals surface area (Å²) in [5, 5.41) is 0. The van der Waals surface area contributed by atoms with Gasteiger partial charge in [-0.1, -0.05) is 0 Å². The van der Waals surface area contributed by atoms with Gasteiger partial charge < -0.3 is 15.0 Å². The van der Waals surface area contributed by atoms with Gasteiger partial charge in [-0.05, 0) is 46.2 Å². The molecule has 126 valence electrons. The molecule has 6 heteroatoms. The van der Waals surface area contributed by atoms with Crippen LogP contribution < -0.4 is 5.73 Å². The molecule has 1 rings (SSSR count). The quantitative estimate of drug-likeness (QED) is 0.495. The van der Waals surface area contributed by atoms with Gasteiger partial charge in [0.1, 0.15) is 5.69 Å². The van der Waals surface area contributed by atoms with Gasteiger partial charge in [-0.2, -0.15) is 0 Å². The average molecular weight is 319 g/mol. The molecule has 0 aliphatic rings. The number of esters is 1. The van der Waals surface area contributed by atoms with Crippen molar-refractivity contribution in [3.63, 3.8) is 0 Å². The molecule has 0 unspecified atom stereocenters. The number of allylic oxidation sites excluding steroid dienone is 1. The lowest BCUT2D eigenvalue weighted by Gasteiger charge is -2.12. The number of carbonyl (C=O) groups excluding carboxylic acids is 2. The Bertz CT molecular complexity index is 634. The summed E-state index contributed by atoms with van der Waals surface area (Å²) in [5.41, 5.74) is 6.77. The first-order chi connectivity index (χ1) is 10.7. The van der Waals surface area contributed by atoms with E-state index in [1.807, 2.05) is 27.7 Å². The molecule has 1 aromatic heterocycles. The number of aliphatic imine (C=N–C) groups is 1. The summed E-state index contributed by atoms with van der Waals surface area (Å²) in [7, 11) is 0. The molecule has 1 heterocycles. The molecule has 0 fully saturated rings. The number of ether oxygens (including phenoxy) is 1. The van der Waals surface area contributed by atoms with Crippen LogP contribution in [0.25, 0.3) is 0 Å². The molecule has 0 bridgehead atoms. The second kappa shape index (κ2) is 7.76. The first-order valence-corrected chi connectivity index (χ1v) is 7.52. The van der Waals surface area contributed by atoms with Gasteiger partial charge in [0.15, 0.2) is 5.78 Å². The van der Waals surface area contributed by atoms with Crippen LogP contribution in [0.1, 0.15) is 43.7 Å². The van der Waals surface area contributed by atoms with E-state index in [4.69, 9.17) is 10.5 Å². The lowest BCUT2D eigenvalue weighted by atomic mass is 10.1. The highest BCUT2D eigenvalue weighted by atomic mass is 16.5. The van der Waals surface area contributed by atoms with E-state index in [1.54, 1.807) is 23.8 Å². The summed E-state index contributed by atoms with van der Waals surface area (Å²) in [6, 6.07) is 1.69. The Balaban J connectivity index is 2.97. The predicted octanol–water partition coefficient (Wildman–Crippen LogP) is 2.25. The third kappa shape index (κ3) is 5.73. The first kappa shape index (κ1) is 18.7. The maximum Gasteiger partial charge on any atom is 0.354 e. The molecule has 0 aliphatic heterocycles. The summed E-state index contributed by atoms with van der Waals surface area (Å²) in [5.74, 6) is -0.670. The largest absolute Gasteiger partial charge is 0.461 e. The molecule has 0 saturated heterocycles. The van der Waals surface area contributed by atoms with Crippen LogP contribution in [0, 0.1) is 6.92 Å². The van der Waals surface area contributed by atoms with Crippen LogP contribution >= 0.6 is 0 Å². The zero-order valence-corrected chi connectivity index (χ0v) is 14.4. The van der Waals surface area contributed by atoms with E-state index in [-0.39, 0.29) is 24.5 Å². The summed E-state index contributed by atoms with van der Waals surface area (Å²) in [4.78, 5) is 28.6. The number of carbonyl (C=O) groups is 2. The first-order valence-electron chi connectivity index (χ1n) is 7.52. The Morgan fingerprint density at radius 3 is 2.57 bits per heavy atom. The summed E-state index contributed by atoms with van der Waals surface area (Å²) in [6.07, 6.45) is 4.44. The van der Waals surface area contributed by atoms with Gasteiger partial charge in [0.05, 0.1) is 24.3 Å². The lowest BCUT2D eigenvalue weighted by molar-refractivity contribution is -0.115. The Labute approximate surface area is 137 Å². The fourth-order valence-corrected chi connectivity index (χ4v) is 1.88. The molecule has 0 radical (unpaired) electrons. The number of aromatic nitrogens is 1. The number of nitrogens with zero attached hydrogens (tertiary/aromatic N) is 2. The van der Waals surface area contributed by atoms with Crippen molar-refractivity contribution in [1.82, 2.24) is 4.57 Å². The minimum atomic E-state index is -0.449. The molecule has 2 N–H and O–H groups in total. The summed E-state index contributed by atoms with van der Waals surface area (Å²) < 4.78 is 6.58. The van der Waals surface area contributed by atoms with Crippen molar-refractivity contribution in [2.75, 3.05) is 6.61 Å². The van der Waals surface area contributed by atoms with Crippen molar-refractivity contribution in [3.05, 3.63) is 35.3 Å². The fraction of sp³-hybridized carbons (Fsp3) is 0.471. The molecule has 0 spiro atoms. The number of Topliss-reactive ketones (excluding diaryl/α,β-unsaturated/α-hetero) is 1. The van der Waals surface area contributed by atoms with Gasteiger partial charge in [-0.15, -0.1) is 0 Å². The minimum Gasteiger partial charge on any atom is -0.461 e. The highest BCUT2D eigenvalue weighted by Gasteiger charge is 2.17. The lowest BCUT2D eigenvalue weighted by Crippen LogP contribution is -2.19. The van der Waals surface area contributed by atoms with E-state index in [2.05, 4.69) is 4.99 Å².